The highest BCUT2D eigenvalue weighted by Crippen LogP contribution is 2.19. The van der Waals surface area contributed by atoms with Gasteiger partial charge in [0.25, 0.3) is 0 Å². The molecule has 0 radical (unpaired) electrons. The summed E-state index contributed by atoms with van der Waals surface area (Å²) >= 11 is 1.58. The number of aryl methyl sites for hydroxylation is 1. The monoisotopic (exact) mass is 474 g/mol. The van der Waals surface area contributed by atoms with Crippen LogP contribution >= 0.6 is 11.8 Å². The van der Waals surface area contributed by atoms with Crippen LogP contribution in [0, 0.1) is 6.92 Å². The molecule has 178 valence electrons. The van der Waals surface area contributed by atoms with Crippen molar-refractivity contribution in [2.45, 2.75) is 51.6 Å². The highest BCUT2D eigenvalue weighted by atomic mass is 32.2. The lowest BCUT2D eigenvalue weighted by molar-refractivity contribution is -0.139. The van der Waals surface area contributed by atoms with Crippen molar-refractivity contribution < 1.29 is 9.59 Å². The lowest BCUT2D eigenvalue weighted by Gasteiger charge is -2.32. The number of carbonyl (C=O) groups excluding carboxylic acids is 2. The average Bonchev–Trinajstić information content (AvgIpc) is 2.82. The Bertz CT molecular complexity index is 1050. The third-order valence-electron chi connectivity index (χ3n) is 5.47. The topological polar surface area (TPSA) is 49.4 Å². The van der Waals surface area contributed by atoms with E-state index in [1.165, 1.54) is 5.56 Å². The van der Waals surface area contributed by atoms with Crippen molar-refractivity contribution in [2.75, 3.05) is 5.75 Å². The summed E-state index contributed by atoms with van der Waals surface area (Å²) in [7, 11) is 0. The van der Waals surface area contributed by atoms with Crippen molar-refractivity contribution in [1.29, 1.82) is 0 Å². The van der Waals surface area contributed by atoms with Gasteiger partial charge >= 0.3 is 0 Å². The molecule has 2 amide bonds. The second-order valence-electron chi connectivity index (χ2n) is 8.86. The minimum atomic E-state index is -0.588. The Morgan fingerprint density at radius 2 is 1.47 bits per heavy atom. The molecule has 0 saturated heterocycles. The van der Waals surface area contributed by atoms with Gasteiger partial charge in [-0.2, -0.15) is 0 Å². The molecule has 0 spiro atoms. The highest BCUT2D eigenvalue weighted by Gasteiger charge is 2.30. The molecule has 0 heterocycles. The first-order valence-electron chi connectivity index (χ1n) is 11.7. The van der Waals surface area contributed by atoms with E-state index in [4.69, 9.17) is 0 Å². The molecule has 0 aliphatic heterocycles. The van der Waals surface area contributed by atoms with E-state index in [2.05, 4.69) is 23.5 Å². The number of benzene rings is 3. The van der Waals surface area contributed by atoms with Crippen LogP contribution in [0.4, 0.5) is 0 Å². The zero-order chi connectivity index (χ0) is 24.3. The molecule has 1 N–H and O–H groups in total. The lowest BCUT2D eigenvalue weighted by atomic mass is 10.0. The first-order valence-corrected chi connectivity index (χ1v) is 12.9. The Morgan fingerprint density at radius 1 is 0.853 bits per heavy atom. The number of hydrogen-bond acceptors (Lipinski definition) is 3. The van der Waals surface area contributed by atoms with Crippen LogP contribution in [0.2, 0.25) is 0 Å². The lowest BCUT2D eigenvalue weighted by Crippen LogP contribution is -2.52. The molecule has 34 heavy (non-hydrogen) atoms. The predicted octanol–water partition coefficient (Wildman–Crippen LogP) is 5.39. The van der Waals surface area contributed by atoms with E-state index < -0.39 is 6.04 Å². The summed E-state index contributed by atoms with van der Waals surface area (Å²) in [6, 6.07) is 27.6. The van der Waals surface area contributed by atoms with Gasteiger partial charge in [-0.3, -0.25) is 9.59 Å². The van der Waals surface area contributed by atoms with Crippen molar-refractivity contribution in [3.63, 3.8) is 0 Å². The normalized spacial score (nSPS) is 11.8. The van der Waals surface area contributed by atoms with Crippen molar-refractivity contribution in [2.24, 2.45) is 0 Å². The highest BCUT2D eigenvalue weighted by molar-refractivity contribution is 7.99. The third-order valence-corrected chi connectivity index (χ3v) is 6.46. The number of amides is 2. The van der Waals surface area contributed by atoms with Crippen LogP contribution in [-0.2, 0) is 28.3 Å². The maximum atomic E-state index is 13.6. The molecule has 3 rings (SSSR count). The zero-order valence-electron chi connectivity index (χ0n) is 20.2. The molecule has 0 saturated carbocycles. The van der Waals surface area contributed by atoms with Crippen molar-refractivity contribution in [3.05, 3.63) is 107 Å². The first kappa shape index (κ1) is 25.6. The van der Waals surface area contributed by atoms with Crippen LogP contribution in [0.25, 0.3) is 0 Å². The van der Waals surface area contributed by atoms with Gasteiger partial charge in [0.1, 0.15) is 6.04 Å². The summed E-state index contributed by atoms with van der Waals surface area (Å²) in [6.07, 6.45) is 0.473. The molecular weight excluding hydrogens is 440 g/mol. The largest absolute Gasteiger partial charge is 0.352 e. The third kappa shape index (κ3) is 8.07. The molecule has 0 unspecified atom stereocenters. The standard InChI is InChI=1S/C29H34N2O2S/c1-22(2)30-29(33)27(18-24-12-6-4-7-13-24)31(19-26-16-10-11-23(3)17-26)28(32)21-34-20-25-14-8-5-9-15-25/h4-17,22,27H,18-21H2,1-3H3,(H,30,33)/t27-/m1/s1. The second kappa shape index (κ2) is 13.0. The van der Waals surface area contributed by atoms with Gasteiger partial charge in [-0.15, -0.1) is 11.8 Å². The van der Waals surface area contributed by atoms with Crippen LogP contribution in [-0.4, -0.2) is 34.6 Å². The molecule has 3 aromatic carbocycles. The quantitative estimate of drug-likeness (QED) is 0.405. The molecule has 5 heteroatoms. The smallest absolute Gasteiger partial charge is 0.243 e. The molecule has 0 aliphatic rings. The predicted molar refractivity (Wildman–Crippen MR) is 142 cm³/mol. The van der Waals surface area contributed by atoms with E-state index >= 15 is 0 Å². The van der Waals surface area contributed by atoms with Gasteiger partial charge in [-0.05, 0) is 37.5 Å². The summed E-state index contributed by atoms with van der Waals surface area (Å²) in [5, 5.41) is 3.04. The van der Waals surface area contributed by atoms with Gasteiger partial charge < -0.3 is 10.2 Å². The van der Waals surface area contributed by atoms with Crippen LogP contribution < -0.4 is 5.32 Å². The van der Waals surface area contributed by atoms with Gasteiger partial charge in [-0.25, -0.2) is 0 Å². The van der Waals surface area contributed by atoms with Crippen molar-refractivity contribution in [1.82, 2.24) is 10.2 Å². The minimum absolute atomic E-state index is 0.00542. The number of nitrogens with zero attached hydrogens (tertiary/aromatic N) is 1. The molecule has 0 bridgehead atoms. The zero-order valence-corrected chi connectivity index (χ0v) is 21.1. The van der Waals surface area contributed by atoms with E-state index in [9.17, 15) is 9.59 Å². The summed E-state index contributed by atoms with van der Waals surface area (Å²) < 4.78 is 0. The molecule has 4 nitrogen and oxygen atoms in total. The summed E-state index contributed by atoms with van der Waals surface area (Å²) in [5.74, 6) is 0.933. The summed E-state index contributed by atoms with van der Waals surface area (Å²) in [6.45, 7) is 6.33. The van der Waals surface area contributed by atoms with E-state index in [1.807, 2.05) is 87.5 Å². The maximum absolute atomic E-state index is 13.6. The van der Waals surface area contributed by atoms with E-state index in [0.29, 0.717) is 18.7 Å². The van der Waals surface area contributed by atoms with Gasteiger partial charge in [0.2, 0.25) is 11.8 Å². The van der Waals surface area contributed by atoms with Crippen molar-refractivity contribution >= 4 is 23.6 Å². The molecule has 0 aromatic heterocycles. The summed E-state index contributed by atoms with van der Waals surface area (Å²) in [4.78, 5) is 28.7. The Morgan fingerprint density at radius 3 is 2.09 bits per heavy atom. The number of hydrogen-bond donors (Lipinski definition) is 1. The fraction of sp³-hybridized carbons (Fsp3) is 0.310. The Labute approximate surface area is 207 Å². The van der Waals surface area contributed by atoms with Gasteiger partial charge in [0.15, 0.2) is 0 Å². The average molecular weight is 475 g/mol. The SMILES string of the molecule is Cc1cccc(CN(C(=O)CSCc2ccccc2)[C@H](Cc2ccccc2)C(=O)NC(C)C)c1. The van der Waals surface area contributed by atoms with Crippen LogP contribution in [0.15, 0.2) is 84.9 Å². The first-order chi connectivity index (χ1) is 16.4. The number of thioether (sulfide) groups is 1. The minimum Gasteiger partial charge on any atom is -0.352 e. The van der Waals surface area contributed by atoms with Crippen LogP contribution in [0.5, 0.6) is 0 Å². The fourth-order valence-electron chi connectivity index (χ4n) is 3.86. The number of carbonyl (C=O) groups is 2. The molecule has 0 fully saturated rings. The molecule has 3 aromatic rings. The van der Waals surface area contributed by atoms with E-state index in [1.54, 1.807) is 16.7 Å². The van der Waals surface area contributed by atoms with Crippen LogP contribution in [0.1, 0.15) is 36.1 Å². The number of nitrogens with one attached hydrogen (secondary N) is 1. The van der Waals surface area contributed by atoms with E-state index in [0.717, 1.165) is 22.4 Å². The molecular formula is C29H34N2O2S. The Kier molecular flexibility index (Phi) is 9.77. The maximum Gasteiger partial charge on any atom is 0.243 e. The van der Waals surface area contributed by atoms with Gasteiger partial charge in [0.05, 0.1) is 5.75 Å². The molecule has 0 aliphatic carbocycles. The molecule has 1 atom stereocenters. The summed E-state index contributed by atoms with van der Waals surface area (Å²) in [5.41, 5.74) is 4.38. The second-order valence-corrected chi connectivity index (χ2v) is 9.84. The number of rotatable bonds is 11. The Hall–Kier alpha value is -3.05. The fourth-order valence-corrected chi connectivity index (χ4v) is 4.73. The van der Waals surface area contributed by atoms with Gasteiger partial charge in [-0.1, -0.05) is 90.5 Å². The Balaban J connectivity index is 1.85. The van der Waals surface area contributed by atoms with Gasteiger partial charge in [0, 0.05) is 24.8 Å². The van der Waals surface area contributed by atoms with E-state index in [-0.39, 0.29) is 17.9 Å². The van der Waals surface area contributed by atoms with Crippen LogP contribution in [0.3, 0.4) is 0 Å². The van der Waals surface area contributed by atoms with Crippen molar-refractivity contribution in [3.8, 4) is 0 Å².